The van der Waals surface area contributed by atoms with Crippen LogP contribution in [-0.4, -0.2) is 70.5 Å². The minimum atomic E-state index is -0.249. The van der Waals surface area contributed by atoms with Crippen LogP contribution < -0.4 is 5.32 Å². The number of aliphatic imine (C=N–C) groups is 1. The van der Waals surface area contributed by atoms with E-state index in [0.717, 1.165) is 68.7 Å². The Hall–Kier alpha value is -3.20. The Bertz CT molecular complexity index is 944. The van der Waals surface area contributed by atoms with Crippen LogP contribution in [0.5, 0.6) is 0 Å². The Morgan fingerprint density at radius 2 is 1.90 bits per heavy atom. The maximum Gasteiger partial charge on any atom is 0.193 e. The molecular formula is C21H26FN7O. The molecule has 2 aromatic heterocycles. The van der Waals surface area contributed by atoms with Crippen molar-refractivity contribution in [1.82, 2.24) is 30.1 Å². The van der Waals surface area contributed by atoms with E-state index in [9.17, 15) is 4.39 Å². The molecule has 0 spiro atoms. The summed E-state index contributed by atoms with van der Waals surface area (Å²) in [6.07, 6.45) is 4.28. The van der Waals surface area contributed by atoms with E-state index in [1.165, 1.54) is 12.1 Å². The highest BCUT2D eigenvalue weighted by atomic mass is 19.1. The zero-order chi connectivity index (χ0) is 20.8. The Kier molecular flexibility index (Phi) is 6.38. The van der Waals surface area contributed by atoms with Gasteiger partial charge in [0, 0.05) is 65.0 Å². The van der Waals surface area contributed by atoms with Gasteiger partial charge in [-0.15, -0.1) is 0 Å². The van der Waals surface area contributed by atoms with Crippen molar-refractivity contribution in [2.75, 3.05) is 39.8 Å². The lowest BCUT2D eigenvalue weighted by Crippen LogP contribution is -2.52. The lowest BCUT2D eigenvalue weighted by molar-refractivity contribution is 0.169. The van der Waals surface area contributed by atoms with Gasteiger partial charge in [-0.2, -0.15) is 5.10 Å². The van der Waals surface area contributed by atoms with Gasteiger partial charge in [-0.3, -0.25) is 9.89 Å². The number of hydrogen-bond acceptors (Lipinski definition) is 5. The highest BCUT2D eigenvalue weighted by Gasteiger charge is 2.20. The summed E-state index contributed by atoms with van der Waals surface area (Å²) in [7, 11) is 1.81. The van der Waals surface area contributed by atoms with Crippen molar-refractivity contribution in [3.63, 3.8) is 0 Å². The van der Waals surface area contributed by atoms with Crippen LogP contribution in [0.1, 0.15) is 11.4 Å². The largest absolute Gasteiger partial charge is 0.364 e. The number of hydrogen-bond donors (Lipinski definition) is 1. The maximum absolute atomic E-state index is 13.1. The molecule has 0 amide bonds. The summed E-state index contributed by atoms with van der Waals surface area (Å²) in [5.74, 6) is 0.662. The van der Waals surface area contributed by atoms with Gasteiger partial charge in [0.1, 0.15) is 12.1 Å². The molecule has 4 rings (SSSR count). The second-order valence-corrected chi connectivity index (χ2v) is 7.21. The van der Waals surface area contributed by atoms with Crippen molar-refractivity contribution < 1.29 is 8.91 Å². The van der Waals surface area contributed by atoms with Gasteiger partial charge in [-0.05, 0) is 30.3 Å². The number of guanidine groups is 1. The minimum absolute atomic E-state index is 0.249. The average Bonchev–Trinajstić information content (AvgIpc) is 3.45. The number of benzene rings is 1. The molecule has 3 heterocycles. The van der Waals surface area contributed by atoms with Gasteiger partial charge in [0.05, 0.1) is 17.1 Å². The standard InChI is InChI=1S/C21H26FN7O/c1-23-21(28-13-11-27(12-14-28)16-19-8-15-30-26-19)24-9-6-18-7-10-29(25-18)20-4-2-17(22)3-5-20/h2-5,7-8,10,15H,6,9,11-14,16H2,1H3,(H,23,24). The second-order valence-electron chi connectivity index (χ2n) is 7.21. The van der Waals surface area contributed by atoms with Crippen molar-refractivity contribution >= 4 is 5.96 Å². The van der Waals surface area contributed by atoms with E-state index in [0.29, 0.717) is 0 Å². The number of nitrogens with zero attached hydrogens (tertiary/aromatic N) is 6. The summed E-state index contributed by atoms with van der Waals surface area (Å²) in [6.45, 7) is 5.29. The quantitative estimate of drug-likeness (QED) is 0.494. The molecule has 1 fully saturated rings. The first kappa shape index (κ1) is 20.1. The molecule has 0 bridgehead atoms. The molecule has 1 saturated heterocycles. The number of rotatable bonds is 6. The summed E-state index contributed by atoms with van der Waals surface area (Å²) >= 11 is 0. The fourth-order valence-corrected chi connectivity index (χ4v) is 3.53. The second kappa shape index (κ2) is 9.53. The van der Waals surface area contributed by atoms with E-state index in [1.807, 2.05) is 25.4 Å². The summed E-state index contributed by atoms with van der Waals surface area (Å²) in [5, 5.41) is 12.0. The predicted molar refractivity (Wildman–Crippen MR) is 112 cm³/mol. The predicted octanol–water partition coefficient (Wildman–Crippen LogP) is 1.94. The average molecular weight is 411 g/mol. The molecule has 1 aliphatic rings. The summed E-state index contributed by atoms with van der Waals surface area (Å²) < 4.78 is 19.7. The zero-order valence-corrected chi connectivity index (χ0v) is 17.0. The Morgan fingerprint density at radius 1 is 1.10 bits per heavy atom. The zero-order valence-electron chi connectivity index (χ0n) is 17.0. The van der Waals surface area contributed by atoms with Gasteiger partial charge in [0.15, 0.2) is 5.96 Å². The molecule has 30 heavy (non-hydrogen) atoms. The molecule has 0 aliphatic carbocycles. The number of piperazine rings is 1. The van der Waals surface area contributed by atoms with Gasteiger partial charge in [-0.1, -0.05) is 5.16 Å². The highest BCUT2D eigenvalue weighted by Crippen LogP contribution is 2.10. The first-order valence-electron chi connectivity index (χ1n) is 10.1. The van der Waals surface area contributed by atoms with E-state index in [2.05, 4.69) is 30.4 Å². The van der Waals surface area contributed by atoms with Crippen LogP contribution in [-0.2, 0) is 13.0 Å². The minimum Gasteiger partial charge on any atom is -0.364 e. The van der Waals surface area contributed by atoms with Gasteiger partial charge in [0.2, 0.25) is 0 Å². The topological polar surface area (TPSA) is 74.7 Å². The van der Waals surface area contributed by atoms with E-state index in [1.54, 1.807) is 23.1 Å². The summed E-state index contributed by atoms with van der Waals surface area (Å²) in [4.78, 5) is 9.07. The fourth-order valence-electron chi connectivity index (χ4n) is 3.53. The van der Waals surface area contributed by atoms with Crippen molar-refractivity contribution in [3.8, 4) is 5.69 Å². The lowest BCUT2D eigenvalue weighted by Gasteiger charge is -2.36. The van der Waals surface area contributed by atoms with E-state index < -0.39 is 0 Å². The maximum atomic E-state index is 13.1. The molecule has 1 aromatic carbocycles. The molecule has 9 heteroatoms. The van der Waals surface area contributed by atoms with Crippen LogP contribution in [0.15, 0.2) is 58.4 Å². The highest BCUT2D eigenvalue weighted by molar-refractivity contribution is 5.80. The summed E-state index contributed by atoms with van der Waals surface area (Å²) in [6, 6.07) is 10.2. The van der Waals surface area contributed by atoms with Crippen LogP contribution >= 0.6 is 0 Å². The molecular weight excluding hydrogens is 385 g/mol. The van der Waals surface area contributed by atoms with Crippen molar-refractivity contribution in [3.05, 3.63) is 66.1 Å². The Balaban J connectivity index is 1.23. The molecule has 1 aliphatic heterocycles. The van der Waals surface area contributed by atoms with Crippen LogP contribution in [0, 0.1) is 5.82 Å². The Labute approximate surface area is 175 Å². The van der Waals surface area contributed by atoms with Crippen molar-refractivity contribution in [2.45, 2.75) is 13.0 Å². The first-order chi connectivity index (χ1) is 14.7. The third-order valence-corrected chi connectivity index (χ3v) is 5.16. The van der Waals surface area contributed by atoms with Crippen LogP contribution in [0.3, 0.4) is 0 Å². The summed E-state index contributed by atoms with van der Waals surface area (Å²) in [5.41, 5.74) is 2.78. The van der Waals surface area contributed by atoms with Gasteiger partial charge >= 0.3 is 0 Å². The fraction of sp³-hybridized carbons (Fsp3) is 0.381. The third-order valence-electron chi connectivity index (χ3n) is 5.16. The van der Waals surface area contributed by atoms with E-state index in [-0.39, 0.29) is 5.82 Å². The van der Waals surface area contributed by atoms with Crippen LogP contribution in [0.25, 0.3) is 5.69 Å². The van der Waals surface area contributed by atoms with Crippen molar-refractivity contribution in [2.24, 2.45) is 4.99 Å². The van der Waals surface area contributed by atoms with E-state index in [4.69, 9.17) is 4.52 Å². The SMILES string of the molecule is CN=C(NCCc1ccn(-c2ccc(F)cc2)n1)N1CCN(Cc2ccon2)CC1. The Morgan fingerprint density at radius 3 is 2.60 bits per heavy atom. The lowest BCUT2D eigenvalue weighted by atomic mass is 10.3. The van der Waals surface area contributed by atoms with Crippen molar-refractivity contribution in [1.29, 1.82) is 0 Å². The molecule has 0 unspecified atom stereocenters. The third kappa shape index (κ3) is 5.04. The van der Waals surface area contributed by atoms with Crippen LogP contribution in [0.2, 0.25) is 0 Å². The first-order valence-corrected chi connectivity index (χ1v) is 10.1. The number of aromatic nitrogens is 3. The molecule has 0 radical (unpaired) electrons. The molecule has 0 saturated carbocycles. The molecule has 8 nitrogen and oxygen atoms in total. The molecule has 0 atom stereocenters. The van der Waals surface area contributed by atoms with Gasteiger partial charge < -0.3 is 14.7 Å². The monoisotopic (exact) mass is 411 g/mol. The van der Waals surface area contributed by atoms with E-state index >= 15 is 0 Å². The molecule has 3 aromatic rings. The molecule has 1 N–H and O–H groups in total. The smallest absolute Gasteiger partial charge is 0.193 e. The van der Waals surface area contributed by atoms with Gasteiger partial charge in [-0.25, -0.2) is 9.07 Å². The number of halogens is 1. The normalized spacial score (nSPS) is 15.5. The molecule has 158 valence electrons. The van der Waals surface area contributed by atoms with Gasteiger partial charge in [0.25, 0.3) is 0 Å². The van der Waals surface area contributed by atoms with Crippen LogP contribution in [0.4, 0.5) is 4.39 Å². The number of nitrogens with one attached hydrogen (secondary N) is 1.